The molecule has 1 rings (SSSR count). The van der Waals surface area contributed by atoms with Gasteiger partial charge in [-0.3, -0.25) is 9.69 Å². The zero-order chi connectivity index (χ0) is 10.6. The average Bonchev–Trinajstić information content (AvgIpc) is 2.20. The Bertz CT molecular complexity index is 225. The summed E-state index contributed by atoms with van der Waals surface area (Å²) in [6.07, 6.45) is 0.861. The number of carbonyl (C=O) groups is 2. The van der Waals surface area contributed by atoms with Crippen molar-refractivity contribution in [1.29, 1.82) is 0 Å². The van der Waals surface area contributed by atoms with E-state index in [4.69, 9.17) is 4.74 Å². The highest BCUT2D eigenvalue weighted by Gasteiger charge is 2.30. The Kier molecular flexibility index (Phi) is 4.09. The number of piperazine rings is 1. The Labute approximate surface area is 84.3 Å². The molecule has 14 heavy (non-hydrogen) atoms. The molecule has 0 amide bonds. The monoisotopic (exact) mass is 198 g/mol. The van der Waals surface area contributed by atoms with E-state index in [0.29, 0.717) is 14.0 Å². The van der Waals surface area contributed by atoms with Crippen LogP contribution in [0.3, 0.4) is 0 Å². The van der Waals surface area contributed by atoms with Crippen molar-refractivity contribution in [3.63, 3.8) is 0 Å². The smallest absolute Gasteiger partial charge is 0.324 e. The van der Waals surface area contributed by atoms with Crippen LogP contribution in [0.25, 0.3) is 0 Å². The van der Waals surface area contributed by atoms with Crippen LogP contribution in [-0.2, 0) is 14.3 Å². The van der Waals surface area contributed by atoms with Crippen LogP contribution < -0.4 is 0 Å². The second-order valence-electron chi connectivity index (χ2n) is 3.45. The molecule has 1 atom stereocenters. The maximum absolute atomic E-state index is 11.3. The zero-order valence-corrected chi connectivity index (χ0v) is 8.60. The number of likely N-dealkylation sites (N-methyl/N-ethyl adjacent to an activating group) is 1. The van der Waals surface area contributed by atoms with E-state index in [1.165, 1.54) is 7.11 Å². The van der Waals surface area contributed by atoms with Gasteiger partial charge in [-0.05, 0) is 7.05 Å². The standard InChI is InChI=1S/C8H15BN2O3/c1-10-3-4-11(9-6-12)5-7(10)8(13)14-2/h6-7,9H,3-5H2,1-2H3/t7-/m0/s1. The maximum Gasteiger partial charge on any atom is 0.324 e. The third-order valence-corrected chi connectivity index (χ3v) is 2.54. The average molecular weight is 198 g/mol. The van der Waals surface area contributed by atoms with Crippen molar-refractivity contribution in [3.8, 4) is 0 Å². The van der Waals surface area contributed by atoms with E-state index in [-0.39, 0.29) is 12.0 Å². The highest BCUT2D eigenvalue weighted by Crippen LogP contribution is 2.07. The molecule has 0 radical (unpaired) electrons. The van der Waals surface area contributed by atoms with E-state index in [2.05, 4.69) is 0 Å². The molecule has 0 spiro atoms. The fourth-order valence-corrected chi connectivity index (χ4v) is 1.59. The predicted octanol–water partition coefficient (Wildman–Crippen LogP) is -1.68. The number of esters is 1. The van der Waals surface area contributed by atoms with Gasteiger partial charge in [0.1, 0.15) is 6.04 Å². The second-order valence-corrected chi connectivity index (χ2v) is 3.45. The lowest BCUT2D eigenvalue weighted by Crippen LogP contribution is -2.56. The summed E-state index contributed by atoms with van der Waals surface area (Å²) >= 11 is 0. The van der Waals surface area contributed by atoms with Gasteiger partial charge in [0.05, 0.1) is 13.3 Å². The van der Waals surface area contributed by atoms with Gasteiger partial charge in [-0.25, -0.2) is 0 Å². The molecule has 6 heteroatoms. The van der Waals surface area contributed by atoms with E-state index < -0.39 is 0 Å². The molecule has 1 aliphatic rings. The number of ether oxygens (including phenoxy) is 1. The first-order valence-corrected chi connectivity index (χ1v) is 4.63. The van der Waals surface area contributed by atoms with Gasteiger partial charge in [-0.2, -0.15) is 0 Å². The van der Waals surface area contributed by atoms with Gasteiger partial charge in [0, 0.05) is 19.6 Å². The molecule has 0 N–H and O–H groups in total. The molecule has 0 aromatic heterocycles. The van der Waals surface area contributed by atoms with E-state index in [1.807, 2.05) is 16.8 Å². The Balaban J connectivity index is 2.54. The first-order valence-electron chi connectivity index (χ1n) is 4.63. The summed E-state index contributed by atoms with van der Waals surface area (Å²) in [5.41, 5.74) is 0. The third kappa shape index (κ3) is 2.56. The highest BCUT2D eigenvalue weighted by molar-refractivity contribution is 6.64. The number of hydrogen-bond acceptors (Lipinski definition) is 5. The normalized spacial score (nSPS) is 24.3. The van der Waals surface area contributed by atoms with Gasteiger partial charge in [-0.15, -0.1) is 0 Å². The minimum Gasteiger partial charge on any atom is -0.468 e. The van der Waals surface area contributed by atoms with Crippen LogP contribution in [0.1, 0.15) is 0 Å². The maximum atomic E-state index is 11.3. The van der Waals surface area contributed by atoms with Crippen molar-refractivity contribution in [3.05, 3.63) is 0 Å². The highest BCUT2D eigenvalue weighted by atomic mass is 16.5. The minimum absolute atomic E-state index is 0.233. The molecule has 0 aromatic carbocycles. The lowest BCUT2D eigenvalue weighted by atomic mass is 9.92. The Hall–Kier alpha value is -0.875. The molecule has 0 aliphatic carbocycles. The minimum atomic E-state index is -0.242. The van der Waals surface area contributed by atoms with Crippen LogP contribution in [0.5, 0.6) is 0 Å². The molecule has 1 aliphatic heterocycles. The van der Waals surface area contributed by atoms with Gasteiger partial charge < -0.3 is 14.3 Å². The zero-order valence-electron chi connectivity index (χ0n) is 8.60. The van der Waals surface area contributed by atoms with Gasteiger partial charge in [0.25, 0.3) is 7.41 Å². The molecule has 0 unspecified atom stereocenters. The SMILES string of the molecule is COC(=O)[C@@H]1CN(BC=O)CCN1C. The third-order valence-electron chi connectivity index (χ3n) is 2.54. The molecule has 1 saturated heterocycles. The number of hydrogen-bond donors (Lipinski definition) is 0. The predicted molar refractivity (Wildman–Crippen MR) is 53.9 cm³/mol. The molecule has 1 fully saturated rings. The molecule has 78 valence electrons. The van der Waals surface area contributed by atoms with Crippen LogP contribution in [-0.4, -0.2) is 69.1 Å². The van der Waals surface area contributed by atoms with Crippen molar-refractivity contribution in [2.24, 2.45) is 0 Å². The van der Waals surface area contributed by atoms with Crippen LogP contribution in [0.4, 0.5) is 0 Å². The van der Waals surface area contributed by atoms with E-state index >= 15 is 0 Å². The summed E-state index contributed by atoms with van der Waals surface area (Å²) in [4.78, 5) is 25.6. The number of rotatable bonds is 3. The molecule has 5 nitrogen and oxygen atoms in total. The van der Waals surface area contributed by atoms with Gasteiger partial charge in [-0.1, -0.05) is 0 Å². The molecule has 1 heterocycles. The molecular weight excluding hydrogens is 183 g/mol. The van der Waals surface area contributed by atoms with Crippen LogP contribution >= 0.6 is 0 Å². The van der Waals surface area contributed by atoms with Crippen LogP contribution in [0.2, 0.25) is 0 Å². The van der Waals surface area contributed by atoms with E-state index in [0.717, 1.165) is 19.3 Å². The van der Waals surface area contributed by atoms with Crippen molar-refractivity contribution in [2.75, 3.05) is 33.8 Å². The Morgan fingerprint density at radius 3 is 2.86 bits per heavy atom. The lowest BCUT2D eigenvalue weighted by molar-refractivity contribution is -0.147. The van der Waals surface area contributed by atoms with Gasteiger partial charge in [0.15, 0.2) is 0 Å². The van der Waals surface area contributed by atoms with E-state index in [9.17, 15) is 9.59 Å². The first kappa shape index (κ1) is 11.2. The summed E-state index contributed by atoms with van der Waals surface area (Å²) in [5.74, 6) is -0.233. The van der Waals surface area contributed by atoms with Crippen molar-refractivity contribution < 1.29 is 14.3 Å². The topological polar surface area (TPSA) is 49.9 Å². The molecule has 0 saturated carbocycles. The lowest BCUT2D eigenvalue weighted by Gasteiger charge is -2.36. The number of carbonyl (C=O) groups excluding carboxylic acids is 2. The largest absolute Gasteiger partial charge is 0.468 e. The van der Waals surface area contributed by atoms with Crippen molar-refractivity contribution in [2.45, 2.75) is 6.04 Å². The van der Waals surface area contributed by atoms with Crippen molar-refractivity contribution in [1.82, 2.24) is 9.71 Å². The fraction of sp³-hybridized carbons (Fsp3) is 0.750. The summed E-state index contributed by atoms with van der Waals surface area (Å²) in [6.45, 7) is 2.18. The summed E-state index contributed by atoms with van der Waals surface area (Å²) in [5, 5.41) is 0. The Morgan fingerprint density at radius 1 is 1.57 bits per heavy atom. The summed E-state index contributed by atoms with van der Waals surface area (Å²) in [6, 6.07) is -0.242. The van der Waals surface area contributed by atoms with Crippen LogP contribution in [0, 0.1) is 0 Å². The van der Waals surface area contributed by atoms with Crippen molar-refractivity contribution >= 4 is 19.6 Å². The van der Waals surface area contributed by atoms with E-state index in [1.54, 1.807) is 0 Å². The fourth-order valence-electron chi connectivity index (χ4n) is 1.59. The van der Waals surface area contributed by atoms with Crippen LogP contribution in [0.15, 0.2) is 0 Å². The van der Waals surface area contributed by atoms with Gasteiger partial charge in [0.2, 0.25) is 0 Å². The molecule has 0 bridgehead atoms. The summed E-state index contributed by atoms with van der Waals surface area (Å²) < 4.78 is 4.69. The number of nitrogens with zero attached hydrogens (tertiary/aromatic N) is 2. The quantitative estimate of drug-likeness (QED) is 0.308. The molecular formula is C8H15BN2O3. The molecule has 0 aromatic rings. The first-order chi connectivity index (χ1) is 6.69. The van der Waals surface area contributed by atoms with Gasteiger partial charge >= 0.3 is 5.97 Å². The second kappa shape index (κ2) is 5.12. The summed E-state index contributed by atoms with van der Waals surface area (Å²) in [7, 11) is 3.66. The Morgan fingerprint density at radius 2 is 2.29 bits per heavy atom. The number of methoxy groups -OCH3 is 1.